The fourth-order valence-electron chi connectivity index (χ4n) is 4.66. The predicted molar refractivity (Wildman–Crippen MR) is 126 cm³/mol. The highest BCUT2D eigenvalue weighted by Gasteiger charge is 2.34. The molecule has 1 aromatic carbocycles. The molecule has 34 heavy (non-hydrogen) atoms. The van der Waals surface area contributed by atoms with Gasteiger partial charge in [0.2, 0.25) is 5.95 Å². The third-order valence-electron chi connectivity index (χ3n) is 6.70. The Morgan fingerprint density at radius 3 is 2.62 bits per heavy atom. The molecule has 0 aliphatic carbocycles. The van der Waals surface area contributed by atoms with Crippen LogP contribution in [-0.4, -0.2) is 48.3 Å². The van der Waals surface area contributed by atoms with Crippen LogP contribution < -0.4 is 4.90 Å². The number of aromatic nitrogens is 5. The van der Waals surface area contributed by atoms with Gasteiger partial charge in [-0.25, -0.2) is 9.97 Å². The summed E-state index contributed by atoms with van der Waals surface area (Å²) in [6, 6.07) is 12.0. The molecule has 0 bridgehead atoms. The third-order valence-corrected chi connectivity index (χ3v) is 6.93. The highest BCUT2D eigenvalue weighted by atomic mass is 35.5. The first-order valence-electron chi connectivity index (χ1n) is 11.3. The maximum absolute atomic E-state index is 9.76. The minimum atomic E-state index is -0.663. The van der Waals surface area contributed by atoms with E-state index in [0.29, 0.717) is 29.8 Å². The number of fused-ring (bicyclic) bond motifs is 3. The number of hydrogen-bond donors (Lipinski definition) is 0. The van der Waals surface area contributed by atoms with E-state index in [9.17, 15) is 5.26 Å². The summed E-state index contributed by atoms with van der Waals surface area (Å²) < 4.78 is 2.16. The summed E-state index contributed by atoms with van der Waals surface area (Å²) >= 11 is 6.35. The van der Waals surface area contributed by atoms with Crippen LogP contribution in [0.25, 0.3) is 5.69 Å². The number of hydrogen-bond acceptors (Lipinski definition) is 8. The van der Waals surface area contributed by atoms with E-state index < -0.39 is 5.54 Å². The number of nitriles is 2. The smallest absolute Gasteiger partial charge is 0.226 e. The Kier molecular flexibility index (Phi) is 5.68. The lowest BCUT2D eigenvalue weighted by Gasteiger charge is -2.31. The van der Waals surface area contributed by atoms with Crippen LogP contribution in [0.3, 0.4) is 0 Å². The van der Waals surface area contributed by atoms with Gasteiger partial charge in [0, 0.05) is 36.8 Å². The molecule has 0 saturated carbocycles. The summed E-state index contributed by atoms with van der Waals surface area (Å²) in [6.45, 7) is 6.50. The minimum Gasteiger partial charge on any atom is -0.341 e. The van der Waals surface area contributed by atoms with Crippen molar-refractivity contribution in [3.8, 4) is 17.8 Å². The standard InChI is InChI=1S/C24H24ClN9/c1-24(2,15-27)33-13-17-11-18(25)3-4-20(17)34-21(14-33)30-31-22(34)16-6-9-32(10-7-16)23-28-8-5-19(12-26)29-23/h3-5,8,11,16H,6-7,9-10,13-14H2,1-2H3. The monoisotopic (exact) mass is 473 g/mol. The molecule has 1 fully saturated rings. The second-order valence-electron chi connectivity index (χ2n) is 9.22. The molecule has 5 rings (SSSR count). The first-order valence-corrected chi connectivity index (χ1v) is 11.6. The topological polar surface area (TPSA) is 111 Å². The Morgan fingerprint density at radius 1 is 1.09 bits per heavy atom. The first kappa shape index (κ1) is 22.3. The fourth-order valence-corrected chi connectivity index (χ4v) is 4.85. The molecular formula is C24H24ClN9. The predicted octanol–water partition coefficient (Wildman–Crippen LogP) is 3.58. The summed E-state index contributed by atoms with van der Waals surface area (Å²) in [5, 5.41) is 28.8. The van der Waals surface area contributed by atoms with Gasteiger partial charge < -0.3 is 4.90 Å². The normalized spacial score (nSPS) is 16.8. The second kappa shape index (κ2) is 8.68. The van der Waals surface area contributed by atoms with E-state index in [2.05, 4.69) is 46.7 Å². The number of rotatable bonds is 3. The van der Waals surface area contributed by atoms with Crippen LogP contribution in [0.1, 0.15) is 55.5 Å². The summed E-state index contributed by atoms with van der Waals surface area (Å²) in [4.78, 5) is 12.9. The number of piperidine rings is 1. The van der Waals surface area contributed by atoms with Crippen molar-refractivity contribution in [3.05, 3.63) is 58.4 Å². The largest absolute Gasteiger partial charge is 0.341 e. The fraction of sp³-hybridized carbons (Fsp3) is 0.417. The van der Waals surface area contributed by atoms with Gasteiger partial charge in [-0.1, -0.05) is 11.6 Å². The van der Waals surface area contributed by atoms with E-state index in [1.54, 1.807) is 12.3 Å². The van der Waals surface area contributed by atoms with Gasteiger partial charge >= 0.3 is 0 Å². The number of benzene rings is 1. The summed E-state index contributed by atoms with van der Waals surface area (Å²) in [5.74, 6) is 2.57. The third kappa shape index (κ3) is 3.98. The second-order valence-corrected chi connectivity index (χ2v) is 9.66. The van der Waals surface area contributed by atoms with Crippen molar-refractivity contribution >= 4 is 17.5 Å². The van der Waals surface area contributed by atoms with E-state index >= 15 is 0 Å². The SMILES string of the molecule is CC(C)(C#N)N1Cc2cc(Cl)ccc2-n2c(nnc2C2CCN(c3nccc(C#N)n3)CC2)C1. The highest BCUT2D eigenvalue weighted by molar-refractivity contribution is 6.30. The van der Waals surface area contributed by atoms with Crippen LogP contribution in [0.4, 0.5) is 5.95 Å². The highest BCUT2D eigenvalue weighted by Crippen LogP contribution is 2.35. The quantitative estimate of drug-likeness (QED) is 0.567. The van der Waals surface area contributed by atoms with Gasteiger partial charge in [0.25, 0.3) is 0 Å². The Morgan fingerprint density at radius 2 is 1.88 bits per heavy atom. The average molecular weight is 474 g/mol. The van der Waals surface area contributed by atoms with Gasteiger partial charge in [0.15, 0.2) is 5.82 Å². The van der Waals surface area contributed by atoms with Crippen LogP contribution in [0.5, 0.6) is 0 Å². The van der Waals surface area contributed by atoms with Crippen molar-refractivity contribution < 1.29 is 0 Å². The van der Waals surface area contributed by atoms with Gasteiger partial charge in [0.05, 0.1) is 18.3 Å². The lowest BCUT2D eigenvalue weighted by molar-refractivity contribution is 0.147. The Labute approximate surface area is 203 Å². The number of halogens is 1. The molecule has 1 saturated heterocycles. The average Bonchev–Trinajstić information content (AvgIpc) is 3.19. The first-order chi connectivity index (χ1) is 16.4. The summed E-state index contributed by atoms with van der Waals surface area (Å²) in [6.07, 6.45) is 3.37. The van der Waals surface area contributed by atoms with Crippen molar-refractivity contribution in [2.75, 3.05) is 18.0 Å². The molecule has 0 amide bonds. The van der Waals surface area contributed by atoms with Crippen LogP contribution in [0.15, 0.2) is 30.5 Å². The minimum absolute atomic E-state index is 0.218. The molecule has 9 nitrogen and oxygen atoms in total. The van der Waals surface area contributed by atoms with Crippen LogP contribution in [0, 0.1) is 22.7 Å². The van der Waals surface area contributed by atoms with E-state index in [1.165, 1.54) is 0 Å². The van der Waals surface area contributed by atoms with E-state index in [1.807, 2.05) is 32.0 Å². The summed E-state index contributed by atoms with van der Waals surface area (Å²) in [7, 11) is 0. The van der Waals surface area contributed by atoms with E-state index in [4.69, 9.17) is 16.9 Å². The van der Waals surface area contributed by atoms with Crippen molar-refractivity contribution in [1.29, 1.82) is 10.5 Å². The van der Waals surface area contributed by atoms with Gasteiger partial charge in [-0.3, -0.25) is 9.47 Å². The maximum Gasteiger partial charge on any atom is 0.226 e. The van der Waals surface area contributed by atoms with Crippen molar-refractivity contribution in [3.63, 3.8) is 0 Å². The van der Waals surface area contributed by atoms with Crippen molar-refractivity contribution in [2.24, 2.45) is 0 Å². The molecule has 0 unspecified atom stereocenters. The Hall–Kier alpha value is -3.53. The molecule has 10 heteroatoms. The van der Waals surface area contributed by atoms with Gasteiger partial charge in [-0.15, -0.1) is 10.2 Å². The zero-order chi connectivity index (χ0) is 23.9. The lowest BCUT2D eigenvalue weighted by atomic mass is 9.95. The molecule has 2 aliphatic rings. The molecule has 2 aromatic heterocycles. The zero-order valence-electron chi connectivity index (χ0n) is 19.1. The van der Waals surface area contributed by atoms with Gasteiger partial charge in [-0.05, 0) is 56.5 Å². The Bertz CT molecular complexity index is 1310. The van der Waals surface area contributed by atoms with Gasteiger partial charge in [-0.2, -0.15) is 10.5 Å². The molecule has 0 atom stereocenters. The molecule has 4 heterocycles. The summed E-state index contributed by atoms with van der Waals surface area (Å²) in [5.41, 5.74) is 1.78. The van der Waals surface area contributed by atoms with Crippen molar-refractivity contribution in [1.82, 2.24) is 29.6 Å². The van der Waals surface area contributed by atoms with Crippen molar-refractivity contribution in [2.45, 2.75) is 51.2 Å². The van der Waals surface area contributed by atoms with Crippen LogP contribution in [0.2, 0.25) is 5.02 Å². The van der Waals surface area contributed by atoms with E-state index in [-0.39, 0.29) is 5.92 Å². The number of anilines is 1. The maximum atomic E-state index is 9.76. The van der Waals surface area contributed by atoms with Crippen LogP contribution >= 0.6 is 11.6 Å². The molecule has 0 spiro atoms. The molecular weight excluding hydrogens is 450 g/mol. The molecule has 172 valence electrons. The molecule has 2 aliphatic heterocycles. The van der Waals surface area contributed by atoms with Gasteiger partial charge in [0.1, 0.15) is 23.1 Å². The Balaban J connectivity index is 1.46. The zero-order valence-corrected chi connectivity index (χ0v) is 19.9. The number of nitrogens with zero attached hydrogens (tertiary/aromatic N) is 9. The van der Waals surface area contributed by atoms with Crippen LogP contribution in [-0.2, 0) is 13.1 Å². The van der Waals surface area contributed by atoms with E-state index in [0.717, 1.165) is 48.8 Å². The molecule has 0 N–H and O–H groups in total. The molecule has 0 radical (unpaired) electrons. The lowest BCUT2D eigenvalue weighted by Crippen LogP contribution is -2.41. The molecule has 3 aromatic rings.